The Labute approximate surface area is 95.7 Å². The zero-order valence-electron chi connectivity index (χ0n) is 9.73. The summed E-state index contributed by atoms with van der Waals surface area (Å²) in [6.45, 7) is 3.48. The van der Waals surface area contributed by atoms with E-state index in [1.165, 1.54) is 0 Å². The Bertz CT molecular complexity index is 364. The summed E-state index contributed by atoms with van der Waals surface area (Å²) in [5, 5.41) is 18.5. The average Bonchev–Trinajstić information content (AvgIpc) is 2.16. The molecule has 0 saturated heterocycles. The average molecular weight is 222 g/mol. The van der Waals surface area contributed by atoms with Gasteiger partial charge in [0.1, 0.15) is 0 Å². The summed E-state index contributed by atoms with van der Waals surface area (Å²) in [5.41, 5.74) is 1.02. The minimum absolute atomic E-state index is 0.167. The monoisotopic (exact) mass is 222 g/mol. The number of hydrogen-bond acceptors (Lipinski definition) is 2. The van der Waals surface area contributed by atoms with E-state index >= 15 is 0 Å². The van der Waals surface area contributed by atoms with Crippen molar-refractivity contribution in [3.05, 3.63) is 35.4 Å². The minimum atomic E-state index is -0.875. The number of carbonyl (C=O) groups is 1. The van der Waals surface area contributed by atoms with Gasteiger partial charge in [0.15, 0.2) is 0 Å². The second-order valence-electron chi connectivity index (χ2n) is 4.46. The van der Waals surface area contributed by atoms with Crippen molar-refractivity contribution in [2.45, 2.75) is 38.7 Å². The predicted octanol–water partition coefficient (Wildman–Crippen LogP) is 2.32. The molecule has 0 aromatic heterocycles. The SMILES string of the molecule is CC(C)(O)c1ccccc1CCCC(=O)O. The van der Waals surface area contributed by atoms with E-state index in [9.17, 15) is 9.90 Å². The lowest BCUT2D eigenvalue weighted by Crippen LogP contribution is -2.18. The number of hydrogen-bond donors (Lipinski definition) is 2. The van der Waals surface area contributed by atoms with E-state index in [4.69, 9.17) is 5.11 Å². The standard InChI is InChI=1S/C13H18O3/c1-13(2,16)11-8-4-3-6-10(11)7-5-9-12(14)15/h3-4,6,8,16H,5,7,9H2,1-2H3,(H,14,15). The summed E-state index contributed by atoms with van der Waals surface area (Å²) < 4.78 is 0. The van der Waals surface area contributed by atoms with Crippen LogP contribution >= 0.6 is 0 Å². The fourth-order valence-electron chi connectivity index (χ4n) is 1.77. The molecule has 3 nitrogen and oxygen atoms in total. The van der Waals surface area contributed by atoms with Gasteiger partial charge in [-0.2, -0.15) is 0 Å². The molecule has 0 atom stereocenters. The summed E-state index contributed by atoms with van der Waals surface area (Å²) in [4.78, 5) is 10.4. The van der Waals surface area contributed by atoms with Crippen LogP contribution in [0.4, 0.5) is 0 Å². The maximum Gasteiger partial charge on any atom is 0.303 e. The van der Waals surface area contributed by atoms with Crippen LogP contribution in [-0.2, 0) is 16.8 Å². The first-order valence-electron chi connectivity index (χ1n) is 5.44. The van der Waals surface area contributed by atoms with E-state index < -0.39 is 11.6 Å². The van der Waals surface area contributed by atoms with Crippen LogP contribution in [0.5, 0.6) is 0 Å². The molecule has 0 aliphatic rings. The zero-order chi connectivity index (χ0) is 12.2. The molecule has 2 N–H and O–H groups in total. The highest BCUT2D eigenvalue weighted by atomic mass is 16.4. The number of benzene rings is 1. The lowest BCUT2D eigenvalue weighted by atomic mass is 9.91. The van der Waals surface area contributed by atoms with E-state index in [0.717, 1.165) is 11.1 Å². The molecule has 0 unspecified atom stereocenters. The Morgan fingerprint density at radius 2 is 1.94 bits per heavy atom. The van der Waals surface area contributed by atoms with Crippen molar-refractivity contribution in [3.8, 4) is 0 Å². The van der Waals surface area contributed by atoms with Crippen molar-refractivity contribution in [1.82, 2.24) is 0 Å². The number of carboxylic acid groups (broad SMARTS) is 1. The van der Waals surface area contributed by atoms with Crippen molar-refractivity contribution >= 4 is 5.97 Å². The normalized spacial score (nSPS) is 11.4. The van der Waals surface area contributed by atoms with Crippen molar-refractivity contribution in [2.75, 3.05) is 0 Å². The second kappa shape index (κ2) is 5.12. The third-order valence-electron chi connectivity index (χ3n) is 2.51. The highest BCUT2D eigenvalue weighted by molar-refractivity contribution is 5.66. The highest BCUT2D eigenvalue weighted by Crippen LogP contribution is 2.24. The third-order valence-corrected chi connectivity index (χ3v) is 2.51. The predicted molar refractivity (Wildman–Crippen MR) is 62.3 cm³/mol. The van der Waals surface area contributed by atoms with Crippen LogP contribution in [-0.4, -0.2) is 16.2 Å². The maximum absolute atomic E-state index is 10.4. The molecular formula is C13H18O3. The van der Waals surface area contributed by atoms with Gasteiger partial charge in [0, 0.05) is 6.42 Å². The lowest BCUT2D eigenvalue weighted by molar-refractivity contribution is -0.137. The van der Waals surface area contributed by atoms with Gasteiger partial charge in [0.25, 0.3) is 0 Å². The molecule has 88 valence electrons. The van der Waals surface area contributed by atoms with Gasteiger partial charge in [-0.05, 0) is 37.8 Å². The number of rotatable bonds is 5. The number of carboxylic acids is 1. The zero-order valence-corrected chi connectivity index (χ0v) is 9.73. The van der Waals surface area contributed by atoms with Gasteiger partial charge in [-0.1, -0.05) is 24.3 Å². The maximum atomic E-state index is 10.4. The molecule has 0 saturated carbocycles. The van der Waals surface area contributed by atoms with Gasteiger partial charge in [-0.3, -0.25) is 4.79 Å². The highest BCUT2D eigenvalue weighted by Gasteiger charge is 2.18. The first-order valence-corrected chi connectivity index (χ1v) is 5.44. The van der Waals surface area contributed by atoms with E-state index in [-0.39, 0.29) is 6.42 Å². The molecule has 0 aliphatic heterocycles. The van der Waals surface area contributed by atoms with Crippen LogP contribution in [0.25, 0.3) is 0 Å². The van der Waals surface area contributed by atoms with E-state index in [2.05, 4.69) is 0 Å². The summed E-state index contributed by atoms with van der Waals surface area (Å²) >= 11 is 0. The Balaban J connectivity index is 2.76. The number of aryl methyl sites for hydroxylation is 1. The molecule has 1 aromatic rings. The molecule has 1 rings (SSSR count). The molecule has 0 heterocycles. The second-order valence-corrected chi connectivity index (χ2v) is 4.46. The topological polar surface area (TPSA) is 57.5 Å². The Kier molecular flexibility index (Phi) is 4.07. The third kappa shape index (κ3) is 3.66. The first kappa shape index (κ1) is 12.7. The largest absolute Gasteiger partial charge is 0.481 e. The molecule has 1 aromatic carbocycles. The van der Waals surface area contributed by atoms with Crippen LogP contribution in [0.3, 0.4) is 0 Å². The van der Waals surface area contributed by atoms with Crippen molar-refractivity contribution in [2.24, 2.45) is 0 Å². The van der Waals surface area contributed by atoms with Crippen LogP contribution in [0, 0.1) is 0 Å². The van der Waals surface area contributed by atoms with Crippen molar-refractivity contribution in [3.63, 3.8) is 0 Å². The van der Waals surface area contributed by atoms with E-state index in [1.807, 2.05) is 24.3 Å². The van der Waals surface area contributed by atoms with Crippen LogP contribution in [0.15, 0.2) is 24.3 Å². The summed E-state index contributed by atoms with van der Waals surface area (Å²) in [5.74, 6) is -0.777. The van der Waals surface area contributed by atoms with Gasteiger partial charge in [-0.15, -0.1) is 0 Å². The van der Waals surface area contributed by atoms with Crippen molar-refractivity contribution in [1.29, 1.82) is 0 Å². The number of aliphatic hydroxyl groups is 1. The molecule has 0 radical (unpaired) electrons. The molecule has 0 aliphatic carbocycles. The van der Waals surface area contributed by atoms with Crippen LogP contribution < -0.4 is 0 Å². The molecule has 0 bridgehead atoms. The van der Waals surface area contributed by atoms with Gasteiger partial charge >= 0.3 is 5.97 Å². The molecule has 3 heteroatoms. The minimum Gasteiger partial charge on any atom is -0.481 e. The number of aliphatic carboxylic acids is 1. The first-order chi connectivity index (χ1) is 7.41. The smallest absolute Gasteiger partial charge is 0.303 e. The fourth-order valence-corrected chi connectivity index (χ4v) is 1.77. The van der Waals surface area contributed by atoms with Gasteiger partial charge in [0.2, 0.25) is 0 Å². The molecule has 0 amide bonds. The lowest BCUT2D eigenvalue weighted by Gasteiger charge is -2.21. The Hall–Kier alpha value is -1.35. The molecule has 0 spiro atoms. The van der Waals surface area contributed by atoms with E-state index in [1.54, 1.807) is 13.8 Å². The quantitative estimate of drug-likeness (QED) is 0.803. The molecule has 0 fully saturated rings. The molecule has 16 heavy (non-hydrogen) atoms. The van der Waals surface area contributed by atoms with Crippen molar-refractivity contribution < 1.29 is 15.0 Å². The Morgan fingerprint density at radius 1 is 1.31 bits per heavy atom. The molecular weight excluding hydrogens is 204 g/mol. The van der Waals surface area contributed by atoms with Gasteiger partial charge < -0.3 is 10.2 Å². The van der Waals surface area contributed by atoms with Gasteiger partial charge in [0.05, 0.1) is 5.60 Å². The van der Waals surface area contributed by atoms with Gasteiger partial charge in [-0.25, -0.2) is 0 Å². The fraction of sp³-hybridized carbons (Fsp3) is 0.462. The van der Waals surface area contributed by atoms with Crippen LogP contribution in [0.2, 0.25) is 0 Å². The van der Waals surface area contributed by atoms with Crippen LogP contribution in [0.1, 0.15) is 37.8 Å². The summed E-state index contributed by atoms with van der Waals surface area (Å²) in [6, 6.07) is 7.62. The summed E-state index contributed by atoms with van der Waals surface area (Å²) in [6.07, 6.45) is 1.45. The Morgan fingerprint density at radius 3 is 2.50 bits per heavy atom. The van der Waals surface area contributed by atoms with E-state index in [0.29, 0.717) is 12.8 Å². The summed E-state index contributed by atoms with van der Waals surface area (Å²) in [7, 11) is 0.